The molecule has 0 amide bonds. The standard InChI is InChI=1S/C24H40N4O2/c1-3-4-8-22-20(10-9-19-14-24(2,30)12-11-21(19)22)17-6-5-7-18(13-17)23(29)15-28-16-25-26-27-28/h16-22,30H,3-15H2,1-2H3/t17-,18+,19-,20+,21+,22+,24-/m1/s1. The Morgan fingerprint density at radius 1 is 1.17 bits per heavy atom. The number of aromatic nitrogens is 4. The summed E-state index contributed by atoms with van der Waals surface area (Å²) in [6.45, 7) is 4.65. The average molecular weight is 417 g/mol. The number of carbonyl (C=O) groups excluding carboxylic acids is 1. The van der Waals surface area contributed by atoms with Crippen LogP contribution in [0.1, 0.15) is 90.9 Å². The van der Waals surface area contributed by atoms with Crippen LogP contribution in [0, 0.1) is 35.5 Å². The van der Waals surface area contributed by atoms with Crippen LogP contribution in [-0.4, -0.2) is 36.7 Å². The fourth-order valence-electron chi connectivity index (χ4n) is 7.25. The van der Waals surface area contributed by atoms with Crippen molar-refractivity contribution in [1.29, 1.82) is 0 Å². The largest absolute Gasteiger partial charge is 0.390 e. The lowest BCUT2D eigenvalue weighted by molar-refractivity contribution is -0.126. The lowest BCUT2D eigenvalue weighted by Gasteiger charge is -2.52. The Morgan fingerprint density at radius 2 is 2.00 bits per heavy atom. The van der Waals surface area contributed by atoms with Gasteiger partial charge in [-0.15, -0.1) is 5.10 Å². The summed E-state index contributed by atoms with van der Waals surface area (Å²) < 4.78 is 1.56. The zero-order valence-corrected chi connectivity index (χ0v) is 18.9. The van der Waals surface area contributed by atoms with Gasteiger partial charge >= 0.3 is 0 Å². The van der Waals surface area contributed by atoms with Gasteiger partial charge < -0.3 is 5.11 Å². The molecule has 1 aromatic heterocycles. The van der Waals surface area contributed by atoms with Crippen molar-refractivity contribution in [3.8, 4) is 0 Å². The molecule has 4 rings (SSSR count). The predicted octanol–water partition coefficient (Wildman–Crippen LogP) is 4.43. The van der Waals surface area contributed by atoms with E-state index in [9.17, 15) is 9.90 Å². The van der Waals surface area contributed by atoms with Crippen LogP contribution < -0.4 is 0 Å². The first-order chi connectivity index (χ1) is 14.5. The zero-order chi connectivity index (χ0) is 21.1. The van der Waals surface area contributed by atoms with Gasteiger partial charge in [0, 0.05) is 5.92 Å². The number of hydrogen-bond acceptors (Lipinski definition) is 5. The smallest absolute Gasteiger partial charge is 0.157 e. The van der Waals surface area contributed by atoms with Crippen LogP contribution in [0.5, 0.6) is 0 Å². The molecule has 3 aliphatic carbocycles. The summed E-state index contributed by atoms with van der Waals surface area (Å²) in [5.41, 5.74) is -0.456. The van der Waals surface area contributed by atoms with Gasteiger partial charge in [0.05, 0.1) is 5.60 Å². The molecule has 1 aromatic rings. The number of tetrazole rings is 1. The van der Waals surface area contributed by atoms with Crippen LogP contribution in [0.4, 0.5) is 0 Å². The van der Waals surface area contributed by atoms with Crippen LogP contribution in [0.3, 0.4) is 0 Å². The molecule has 0 aliphatic heterocycles. The molecule has 3 saturated carbocycles. The lowest BCUT2D eigenvalue weighted by Crippen LogP contribution is -2.46. The summed E-state index contributed by atoms with van der Waals surface area (Å²) in [7, 11) is 0. The minimum absolute atomic E-state index is 0.171. The zero-order valence-electron chi connectivity index (χ0n) is 18.9. The van der Waals surface area contributed by atoms with Crippen LogP contribution in [-0.2, 0) is 11.3 Å². The van der Waals surface area contributed by atoms with Crippen LogP contribution >= 0.6 is 0 Å². The van der Waals surface area contributed by atoms with Crippen LogP contribution in [0.15, 0.2) is 6.33 Å². The van der Waals surface area contributed by atoms with Crippen molar-refractivity contribution in [3.05, 3.63) is 6.33 Å². The van der Waals surface area contributed by atoms with Crippen molar-refractivity contribution in [2.75, 3.05) is 0 Å². The van der Waals surface area contributed by atoms with Crippen molar-refractivity contribution in [2.24, 2.45) is 35.5 Å². The molecule has 1 heterocycles. The first-order valence-corrected chi connectivity index (χ1v) is 12.4. The molecular weight excluding hydrogens is 376 g/mol. The summed E-state index contributed by atoms with van der Waals surface area (Å²) in [5, 5.41) is 21.8. The van der Waals surface area contributed by atoms with E-state index in [1.165, 1.54) is 57.7 Å². The molecule has 0 bridgehead atoms. The monoisotopic (exact) mass is 416 g/mol. The van der Waals surface area contributed by atoms with Crippen molar-refractivity contribution in [1.82, 2.24) is 20.2 Å². The minimum atomic E-state index is -0.456. The number of hydrogen-bond donors (Lipinski definition) is 1. The van der Waals surface area contributed by atoms with Crippen LogP contribution in [0.2, 0.25) is 0 Å². The first kappa shape index (κ1) is 21.9. The molecule has 6 heteroatoms. The van der Waals surface area contributed by atoms with E-state index in [1.54, 1.807) is 4.68 Å². The number of rotatable bonds is 7. The van der Waals surface area contributed by atoms with Crippen molar-refractivity contribution in [3.63, 3.8) is 0 Å². The molecule has 30 heavy (non-hydrogen) atoms. The van der Waals surface area contributed by atoms with Gasteiger partial charge in [0.25, 0.3) is 0 Å². The average Bonchev–Trinajstić information content (AvgIpc) is 3.24. The Kier molecular flexibility index (Phi) is 6.91. The summed E-state index contributed by atoms with van der Waals surface area (Å²) in [4.78, 5) is 12.9. The number of aliphatic hydroxyl groups is 1. The van der Waals surface area contributed by atoms with Gasteiger partial charge in [-0.3, -0.25) is 4.79 Å². The molecule has 3 aliphatic rings. The third-order valence-electron chi connectivity index (χ3n) is 8.67. The molecule has 1 N–H and O–H groups in total. The number of carbonyl (C=O) groups is 1. The van der Waals surface area contributed by atoms with Gasteiger partial charge in [-0.25, -0.2) is 4.68 Å². The van der Waals surface area contributed by atoms with Gasteiger partial charge in [-0.1, -0.05) is 32.6 Å². The first-order valence-electron chi connectivity index (χ1n) is 12.4. The van der Waals surface area contributed by atoms with E-state index < -0.39 is 5.60 Å². The number of Topliss-reactive ketones (excluding diaryl/α,β-unsaturated/α-hetero) is 1. The van der Waals surface area contributed by atoms with Crippen molar-refractivity contribution in [2.45, 2.75) is 103 Å². The Bertz CT molecular complexity index is 689. The quantitative estimate of drug-likeness (QED) is 0.711. The molecular formula is C24H40N4O2. The maximum Gasteiger partial charge on any atom is 0.157 e. The second kappa shape index (κ2) is 9.46. The highest BCUT2D eigenvalue weighted by atomic mass is 16.3. The van der Waals surface area contributed by atoms with Crippen LogP contribution in [0.25, 0.3) is 0 Å². The molecule has 0 saturated heterocycles. The second-order valence-electron chi connectivity index (χ2n) is 10.8. The predicted molar refractivity (Wildman–Crippen MR) is 115 cm³/mol. The topological polar surface area (TPSA) is 80.9 Å². The Hall–Kier alpha value is -1.30. The Morgan fingerprint density at radius 3 is 2.77 bits per heavy atom. The minimum Gasteiger partial charge on any atom is -0.390 e. The van der Waals surface area contributed by atoms with E-state index in [4.69, 9.17) is 0 Å². The van der Waals surface area contributed by atoms with Gasteiger partial charge in [0.2, 0.25) is 0 Å². The highest BCUT2D eigenvalue weighted by Gasteiger charge is 2.47. The van der Waals surface area contributed by atoms with E-state index in [1.807, 2.05) is 6.92 Å². The van der Waals surface area contributed by atoms with Gasteiger partial charge in [-0.05, 0) is 98.3 Å². The summed E-state index contributed by atoms with van der Waals surface area (Å²) in [6.07, 6.45) is 15.7. The highest BCUT2D eigenvalue weighted by molar-refractivity contribution is 5.80. The number of fused-ring (bicyclic) bond motifs is 1. The number of unbranched alkanes of at least 4 members (excludes halogenated alkanes) is 1. The molecule has 3 fully saturated rings. The molecule has 6 nitrogen and oxygen atoms in total. The normalized spacial score (nSPS) is 39.4. The van der Waals surface area contributed by atoms with Gasteiger partial charge in [0.1, 0.15) is 12.9 Å². The van der Waals surface area contributed by atoms with E-state index in [0.29, 0.717) is 24.2 Å². The maximum atomic E-state index is 12.9. The second-order valence-corrected chi connectivity index (χ2v) is 10.8. The molecule has 0 spiro atoms. The van der Waals surface area contributed by atoms with Crippen molar-refractivity contribution >= 4 is 5.78 Å². The van der Waals surface area contributed by atoms with E-state index in [-0.39, 0.29) is 5.92 Å². The molecule has 168 valence electrons. The fourth-order valence-corrected chi connectivity index (χ4v) is 7.25. The molecule has 0 aromatic carbocycles. The van der Waals surface area contributed by atoms with Gasteiger partial charge in [0.15, 0.2) is 5.78 Å². The summed E-state index contributed by atoms with van der Waals surface area (Å²) in [5.74, 6) is 4.21. The Labute approximate surface area is 181 Å². The summed E-state index contributed by atoms with van der Waals surface area (Å²) in [6, 6.07) is 0. The molecule has 0 radical (unpaired) electrons. The van der Waals surface area contributed by atoms with E-state index in [2.05, 4.69) is 22.4 Å². The third-order valence-corrected chi connectivity index (χ3v) is 8.67. The summed E-state index contributed by atoms with van der Waals surface area (Å²) >= 11 is 0. The number of ketones is 1. The Balaban J connectivity index is 1.43. The molecule has 0 unspecified atom stereocenters. The number of nitrogens with zero attached hydrogens (tertiary/aromatic N) is 4. The molecule has 7 atom stereocenters. The highest BCUT2D eigenvalue weighted by Crippen LogP contribution is 2.54. The van der Waals surface area contributed by atoms with E-state index >= 15 is 0 Å². The van der Waals surface area contributed by atoms with Crippen molar-refractivity contribution < 1.29 is 9.90 Å². The maximum absolute atomic E-state index is 12.9. The SMILES string of the molecule is CCCC[C@H]1[C@H]([C@@H]2CCC[C@H](C(=O)Cn3cnnn3)C2)CC[C@@H]2C[C@](C)(O)CC[C@@H]21. The van der Waals surface area contributed by atoms with E-state index in [0.717, 1.165) is 43.4 Å². The fraction of sp³-hybridized carbons (Fsp3) is 0.917. The lowest BCUT2D eigenvalue weighted by atomic mass is 9.54. The van der Waals surface area contributed by atoms with Gasteiger partial charge in [-0.2, -0.15) is 0 Å². The third kappa shape index (κ3) is 4.95.